The molecular formula is C12H21N5. The van der Waals surface area contributed by atoms with Crippen molar-refractivity contribution in [2.75, 3.05) is 10.7 Å². The lowest BCUT2D eigenvalue weighted by Crippen LogP contribution is -2.20. The maximum absolute atomic E-state index is 5.31. The Labute approximate surface area is 102 Å². The molecule has 0 radical (unpaired) electrons. The lowest BCUT2D eigenvalue weighted by Gasteiger charge is -2.17. The summed E-state index contributed by atoms with van der Waals surface area (Å²) in [5, 5.41) is 3.45. The fourth-order valence-corrected chi connectivity index (χ4v) is 2.35. The number of hydrogen-bond acceptors (Lipinski definition) is 5. The molecule has 2 unspecified atom stereocenters. The number of nitrogen functional groups attached to an aromatic ring is 1. The molecule has 94 valence electrons. The number of nitrogens with one attached hydrogen (secondary N) is 2. The van der Waals surface area contributed by atoms with E-state index in [0.29, 0.717) is 11.9 Å². The minimum Gasteiger partial charge on any atom is -0.366 e. The van der Waals surface area contributed by atoms with Crippen LogP contribution in [0, 0.1) is 5.92 Å². The van der Waals surface area contributed by atoms with E-state index in [9.17, 15) is 0 Å². The van der Waals surface area contributed by atoms with Gasteiger partial charge in [-0.15, -0.1) is 0 Å². The number of anilines is 2. The van der Waals surface area contributed by atoms with Gasteiger partial charge in [-0.25, -0.2) is 10.8 Å². The zero-order valence-electron chi connectivity index (χ0n) is 10.3. The fraction of sp³-hybridized carbons (Fsp3) is 0.667. The van der Waals surface area contributed by atoms with Gasteiger partial charge in [0.15, 0.2) is 5.82 Å². The third-order valence-electron chi connectivity index (χ3n) is 3.39. The van der Waals surface area contributed by atoms with Crippen LogP contribution in [0.1, 0.15) is 39.0 Å². The van der Waals surface area contributed by atoms with Crippen LogP contribution in [0.2, 0.25) is 0 Å². The van der Waals surface area contributed by atoms with E-state index in [1.165, 1.54) is 32.1 Å². The molecule has 1 aromatic rings. The molecule has 1 saturated carbocycles. The van der Waals surface area contributed by atoms with Crippen molar-refractivity contribution in [2.45, 2.75) is 45.1 Å². The van der Waals surface area contributed by atoms with Crippen LogP contribution in [0.4, 0.5) is 11.6 Å². The predicted molar refractivity (Wildman–Crippen MR) is 69.5 cm³/mol. The minimum absolute atomic E-state index is 0.516. The van der Waals surface area contributed by atoms with Gasteiger partial charge in [0.1, 0.15) is 5.82 Å². The van der Waals surface area contributed by atoms with Crippen molar-refractivity contribution in [1.29, 1.82) is 0 Å². The molecule has 0 bridgehead atoms. The molecule has 5 nitrogen and oxygen atoms in total. The zero-order chi connectivity index (χ0) is 12.1. The second kappa shape index (κ2) is 5.82. The first kappa shape index (κ1) is 12.1. The van der Waals surface area contributed by atoms with Crippen LogP contribution in [0.25, 0.3) is 0 Å². The Balaban J connectivity index is 1.94. The molecule has 1 heterocycles. The zero-order valence-corrected chi connectivity index (χ0v) is 10.3. The van der Waals surface area contributed by atoms with Gasteiger partial charge >= 0.3 is 0 Å². The van der Waals surface area contributed by atoms with Gasteiger partial charge in [0.05, 0.1) is 12.4 Å². The quantitative estimate of drug-likeness (QED) is 0.425. The van der Waals surface area contributed by atoms with Crippen molar-refractivity contribution >= 4 is 11.6 Å². The normalized spacial score (nSPS) is 25.1. The highest BCUT2D eigenvalue weighted by atomic mass is 15.3. The van der Waals surface area contributed by atoms with Gasteiger partial charge in [-0.1, -0.05) is 19.8 Å². The molecule has 17 heavy (non-hydrogen) atoms. The van der Waals surface area contributed by atoms with Crippen LogP contribution < -0.4 is 16.6 Å². The maximum Gasteiger partial charge on any atom is 0.160 e. The van der Waals surface area contributed by atoms with Crippen LogP contribution in [0.3, 0.4) is 0 Å². The summed E-state index contributed by atoms with van der Waals surface area (Å²) < 4.78 is 0. The first-order valence-corrected chi connectivity index (χ1v) is 6.33. The molecule has 2 rings (SSSR count). The van der Waals surface area contributed by atoms with Gasteiger partial charge in [0.2, 0.25) is 0 Å². The number of aromatic nitrogens is 2. The molecule has 1 fully saturated rings. The van der Waals surface area contributed by atoms with Crippen molar-refractivity contribution in [3.63, 3.8) is 0 Å². The van der Waals surface area contributed by atoms with Crippen molar-refractivity contribution in [3.05, 3.63) is 12.4 Å². The van der Waals surface area contributed by atoms with Crippen LogP contribution in [0.5, 0.6) is 0 Å². The van der Waals surface area contributed by atoms with E-state index in [2.05, 4.69) is 27.6 Å². The molecule has 5 heteroatoms. The lowest BCUT2D eigenvalue weighted by molar-refractivity contribution is 0.502. The van der Waals surface area contributed by atoms with Crippen molar-refractivity contribution in [3.8, 4) is 0 Å². The fourth-order valence-electron chi connectivity index (χ4n) is 2.35. The Morgan fingerprint density at radius 2 is 2.00 bits per heavy atom. The number of hydrogen-bond donors (Lipinski definition) is 3. The van der Waals surface area contributed by atoms with Crippen LogP contribution in [-0.4, -0.2) is 16.0 Å². The molecule has 1 aliphatic carbocycles. The average molecular weight is 235 g/mol. The molecule has 0 aromatic carbocycles. The van der Waals surface area contributed by atoms with E-state index in [0.717, 1.165) is 11.7 Å². The smallest absolute Gasteiger partial charge is 0.160 e. The van der Waals surface area contributed by atoms with Gasteiger partial charge in [-0.2, -0.15) is 0 Å². The average Bonchev–Trinajstić information content (AvgIpc) is 2.55. The van der Waals surface area contributed by atoms with Crippen LogP contribution in [0.15, 0.2) is 12.4 Å². The molecule has 0 amide bonds. The van der Waals surface area contributed by atoms with Crippen LogP contribution >= 0.6 is 0 Å². The number of nitrogens with zero attached hydrogens (tertiary/aromatic N) is 2. The number of hydrazine groups is 1. The van der Waals surface area contributed by atoms with Gasteiger partial charge in [0.25, 0.3) is 0 Å². The summed E-state index contributed by atoms with van der Waals surface area (Å²) in [7, 11) is 0. The third kappa shape index (κ3) is 3.56. The molecular weight excluding hydrogens is 214 g/mol. The first-order valence-electron chi connectivity index (χ1n) is 6.33. The lowest BCUT2D eigenvalue weighted by atomic mass is 10.0. The van der Waals surface area contributed by atoms with E-state index < -0.39 is 0 Å². The van der Waals surface area contributed by atoms with Crippen molar-refractivity contribution in [1.82, 2.24) is 9.97 Å². The Morgan fingerprint density at radius 1 is 1.18 bits per heavy atom. The Hall–Kier alpha value is -1.36. The predicted octanol–water partition coefficient (Wildman–Crippen LogP) is 2.14. The Bertz CT molecular complexity index is 355. The molecule has 1 aromatic heterocycles. The Morgan fingerprint density at radius 3 is 2.82 bits per heavy atom. The topological polar surface area (TPSA) is 75.9 Å². The highest BCUT2D eigenvalue weighted by Crippen LogP contribution is 2.24. The van der Waals surface area contributed by atoms with E-state index in [4.69, 9.17) is 5.84 Å². The summed E-state index contributed by atoms with van der Waals surface area (Å²) in [6.07, 6.45) is 9.71. The summed E-state index contributed by atoms with van der Waals surface area (Å²) in [6, 6.07) is 0.516. The number of nitrogens with two attached hydrogens (primary N) is 1. The third-order valence-corrected chi connectivity index (χ3v) is 3.39. The maximum atomic E-state index is 5.31. The molecule has 4 N–H and O–H groups in total. The second-order valence-corrected chi connectivity index (χ2v) is 4.89. The van der Waals surface area contributed by atoms with E-state index in [1.807, 2.05) is 0 Å². The van der Waals surface area contributed by atoms with Gasteiger partial charge in [0, 0.05) is 6.04 Å². The van der Waals surface area contributed by atoms with Gasteiger partial charge in [-0.05, 0) is 25.2 Å². The molecule has 1 aliphatic rings. The van der Waals surface area contributed by atoms with E-state index in [-0.39, 0.29) is 0 Å². The number of rotatable bonds is 3. The van der Waals surface area contributed by atoms with Crippen LogP contribution in [-0.2, 0) is 0 Å². The largest absolute Gasteiger partial charge is 0.366 e. The molecule has 0 spiro atoms. The monoisotopic (exact) mass is 235 g/mol. The van der Waals surface area contributed by atoms with Gasteiger partial charge in [-0.3, -0.25) is 4.98 Å². The van der Waals surface area contributed by atoms with Crippen molar-refractivity contribution in [2.24, 2.45) is 11.8 Å². The Kier molecular flexibility index (Phi) is 4.14. The second-order valence-electron chi connectivity index (χ2n) is 4.89. The SMILES string of the molecule is CC1CCCC(Nc2cncc(NN)n2)CC1. The minimum atomic E-state index is 0.516. The highest BCUT2D eigenvalue weighted by Gasteiger charge is 2.16. The summed E-state index contributed by atoms with van der Waals surface area (Å²) in [6.45, 7) is 2.33. The molecule has 0 saturated heterocycles. The molecule has 2 atom stereocenters. The standard InChI is InChI=1S/C12H21N5/c1-9-3-2-4-10(6-5-9)15-11-7-14-8-12(16-11)17-13/h7-10H,2-6,13H2,1H3,(H2,15,16,17). The highest BCUT2D eigenvalue weighted by molar-refractivity contribution is 5.41. The summed E-state index contributed by atoms with van der Waals surface area (Å²) in [5.41, 5.74) is 2.51. The van der Waals surface area contributed by atoms with Gasteiger partial charge < -0.3 is 10.7 Å². The van der Waals surface area contributed by atoms with Crippen molar-refractivity contribution < 1.29 is 0 Å². The first-order chi connectivity index (χ1) is 8.28. The summed E-state index contributed by atoms with van der Waals surface area (Å²) >= 11 is 0. The van der Waals surface area contributed by atoms with E-state index in [1.54, 1.807) is 12.4 Å². The summed E-state index contributed by atoms with van der Waals surface area (Å²) in [5.74, 6) is 7.57. The molecule has 0 aliphatic heterocycles. The van der Waals surface area contributed by atoms with E-state index >= 15 is 0 Å². The summed E-state index contributed by atoms with van der Waals surface area (Å²) in [4.78, 5) is 8.42.